The highest BCUT2D eigenvalue weighted by Gasteiger charge is 2.49. The van der Waals surface area contributed by atoms with Gasteiger partial charge in [-0.25, -0.2) is 4.79 Å². The van der Waals surface area contributed by atoms with Crippen LogP contribution in [0.1, 0.15) is 11.1 Å². The van der Waals surface area contributed by atoms with E-state index in [1.807, 2.05) is 61.5 Å². The Morgan fingerprint density at radius 2 is 1.68 bits per heavy atom. The molecule has 6 nitrogen and oxygen atoms in total. The number of azo groups is 2. The fourth-order valence-corrected chi connectivity index (χ4v) is 3.22. The van der Waals surface area contributed by atoms with E-state index in [0.29, 0.717) is 19.6 Å². The van der Waals surface area contributed by atoms with Crippen molar-refractivity contribution in [1.82, 2.24) is 4.90 Å². The van der Waals surface area contributed by atoms with Crippen molar-refractivity contribution in [2.24, 2.45) is 5.11 Å². The predicted molar refractivity (Wildman–Crippen MR) is 91.9 cm³/mol. The van der Waals surface area contributed by atoms with Crippen molar-refractivity contribution in [3.63, 3.8) is 0 Å². The molecule has 0 N–H and O–H groups in total. The van der Waals surface area contributed by atoms with E-state index in [4.69, 9.17) is 0 Å². The van der Waals surface area contributed by atoms with E-state index in [9.17, 15) is 9.59 Å². The summed E-state index contributed by atoms with van der Waals surface area (Å²) in [5.41, 5.74) is 3.13. The second-order valence-electron chi connectivity index (χ2n) is 6.34. The quantitative estimate of drug-likeness (QED) is 0.638. The molecule has 25 heavy (non-hydrogen) atoms. The first-order valence-electron chi connectivity index (χ1n) is 8.34. The Balaban J connectivity index is 1.66. The van der Waals surface area contributed by atoms with E-state index < -0.39 is 18.1 Å². The lowest BCUT2D eigenvalue weighted by molar-refractivity contribution is -0.534. The Bertz CT molecular complexity index is 845. The summed E-state index contributed by atoms with van der Waals surface area (Å²) in [7, 11) is 0. The molecule has 2 aromatic rings. The molecular weight excluding hydrogens is 316 g/mol. The van der Waals surface area contributed by atoms with Gasteiger partial charge in [-0.05, 0) is 23.8 Å². The molecule has 0 saturated carbocycles. The van der Waals surface area contributed by atoms with Crippen LogP contribution in [-0.2, 0) is 16.1 Å². The van der Waals surface area contributed by atoms with Crippen molar-refractivity contribution in [3.8, 4) is 0 Å². The maximum atomic E-state index is 12.5. The van der Waals surface area contributed by atoms with Crippen LogP contribution in [0.25, 0.3) is 0 Å². The number of rotatable bonds is 3. The molecular formula is C19H19N4O2+. The fraction of sp³-hybridized carbons (Fsp3) is 0.263. The number of fused-ring (bicyclic) bond motifs is 1. The van der Waals surface area contributed by atoms with E-state index in [1.54, 1.807) is 4.90 Å². The lowest BCUT2D eigenvalue weighted by Gasteiger charge is -2.27. The SMILES string of the molecule is Cc1ccc(N2CCN3C(=O)C(=O)[N+](Cc4ccccc4)=NC32)cc1. The molecule has 0 radical (unpaired) electrons. The van der Waals surface area contributed by atoms with Crippen molar-refractivity contribution in [2.45, 2.75) is 19.8 Å². The van der Waals surface area contributed by atoms with Gasteiger partial charge >= 0.3 is 11.8 Å². The molecule has 2 aliphatic rings. The van der Waals surface area contributed by atoms with Gasteiger partial charge in [0.05, 0.1) is 0 Å². The first kappa shape index (κ1) is 15.5. The van der Waals surface area contributed by atoms with Gasteiger partial charge in [0.1, 0.15) is 0 Å². The topological polar surface area (TPSA) is 56.0 Å². The highest BCUT2D eigenvalue weighted by Crippen LogP contribution is 2.27. The van der Waals surface area contributed by atoms with Crippen molar-refractivity contribution in [1.29, 1.82) is 0 Å². The van der Waals surface area contributed by atoms with Gasteiger partial charge in [0, 0.05) is 29.5 Å². The van der Waals surface area contributed by atoms with Crippen LogP contribution in [0, 0.1) is 6.92 Å². The van der Waals surface area contributed by atoms with E-state index >= 15 is 0 Å². The smallest absolute Gasteiger partial charge is 0.326 e. The molecule has 1 fully saturated rings. The summed E-state index contributed by atoms with van der Waals surface area (Å²) in [5, 5.41) is 4.57. The van der Waals surface area contributed by atoms with Crippen LogP contribution in [0.15, 0.2) is 59.7 Å². The second-order valence-corrected chi connectivity index (χ2v) is 6.34. The van der Waals surface area contributed by atoms with Crippen LogP contribution in [0.5, 0.6) is 0 Å². The average Bonchev–Trinajstić information content (AvgIpc) is 3.05. The van der Waals surface area contributed by atoms with Crippen LogP contribution in [0.2, 0.25) is 0 Å². The lowest BCUT2D eigenvalue weighted by Crippen LogP contribution is -2.51. The largest absolute Gasteiger partial charge is 0.502 e. The third-order valence-electron chi connectivity index (χ3n) is 4.60. The first-order valence-corrected chi connectivity index (χ1v) is 8.34. The molecule has 0 aliphatic carbocycles. The van der Waals surface area contributed by atoms with Gasteiger partial charge < -0.3 is 4.90 Å². The van der Waals surface area contributed by atoms with Crippen LogP contribution in [0.3, 0.4) is 0 Å². The number of anilines is 1. The molecule has 0 spiro atoms. The Kier molecular flexibility index (Phi) is 3.80. The Morgan fingerprint density at radius 1 is 1.00 bits per heavy atom. The number of amides is 2. The molecule has 1 saturated heterocycles. The minimum Gasteiger partial charge on any atom is -0.326 e. The van der Waals surface area contributed by atoms with Crippen molar-refractivity contribution < 1.29 is 14.3 Å². The average molecular weight is 335 g/mol. The summed E-state index contributed by atoms with van der Waals surface area (Å²) >= 11 is 0. The van der Waals surface area contributed by atoms with Crippen molar-refractivity contribution in [3.05, 3.63) is 65.7 Å². The number of carbonyl (C=O) groups excluding carboxylic acids is 2. The molecule has 2 amide bonds. The monoisotopic (exact) mass is 335 g/mol. The summed E-state index contributed by atoms with van der Waals surface area (Å²) in [4.78, 5) is 28.5. The molecule has 1 unspecified atom stereocenters. The normalized spacial score (nSPS) is 19.9. The summed E-state index contributed by atoms with van der Waals surface area (Å²) in [5.74, 6) is -1.04. The summed E-state index contributed by atoms with van der Waals surface area (Å²) < 4.78 is 1.30. The first-order chi connectivity index (χ1) is 12.1. The highest BCUT2D eigenvalue weighted by molar-refractivity contribution is 6.31. The molecule has 2 aromatic carbocycles. The molecule has 0 aromatic heterocycles. The number of carbonyl (C=O) groups is 2. The van der Waals surface area contributed by atoms with Crippen LogP contribution < -0.4 is 4.90 Å². The van der Waals surface area contributed by atoms with Gasteiger partial charge in [0.2, 0.25) is 6.54 Å². The third kappa shape index (κ3) is 2.80. The molecule has 1 atom stereocenters. The fourth-order valence-electron chi connectivity index (χ4n) is 3.22. The zero-order valence-corrected chi connectivity index (χ0v) is 14.0. The van der Waals surface area contributed by atoms with Crippen molar-refractivity contribution in [2.75, 3.05) is 18.0 Å². The zero-order valence-electron chi connectivity index (χ0n) is 14.0. The maximum Gasteiger partial charge on any atom is 0.502 e. The number of aryl methyl sites for hydroxylation is 1. The molecule has 6 heteroatoms. The number of nitrogens with zero attached hydrogens (tertiary/aromatic N) is 4. The molecule has 0 bridgehead atoms. The van der Waals surface area contributed by atoms with Gasteiger partial charge in [0.25, 0.3) is 6.29 Å². The van der Waals surface area contributed by atoms with Crippen LogP contribution >= 0.6 is 0 Å². The Hall–Kier alpha value is -3.02. The lowest BCUT2D eigenvalue weighted by atomic mass is 10.2. The molecule has 4 rings (SSSR count). The van der Waals surface area contributed by atoms with E-state index in [-0.39, 0.29) is 0 Å². The number of benzene rings is 2. The summed E-state index contributed by atoms with van der Waals surface area (Å²) in [6, 6.07) is 17.7. The van der Waals surface area contributed by atoms with Gasteiger partial charge in [-0.2, -0.15) is 0 Å². The van der Waals surface area contributed by atoms with Gasteiger partial charge in [-0.3, -0.25) is 9.69 Å². The molecule has 126 valence electrons. The zero-order chi connectivity index (χ0) is 17.4. The standard InChI is InChI=1S/C19H19N4O2/c1-14-7-9-16(10-8-14)21-11-12-22-17(24)18(25)23(20-19(21)22)13-15-5-3-2-4-6-15/h2-10,19H,11-13H2,1H3/q+1. The van der Waals surface area contributed by atoms with Crippen LogP contribution in [0.4, 0.5) is 5.69 Å². The van der Waals surface area contributed by atoms with E-state index in [2.05, 4.69) is 10.0 Å². The van der Waals surface area contributed by atoms with E-state index in [0.717, 1.165) is 11.3 Å². The number of hydrogen-bond donors (Lipinski definition) is 0. The predicted octanol–water partition coefficient (Wildman–Crippen LogP) is 2.13. The van der Waals surface area contributed by atoms with E-state index in [1.165, 1.54) is 10.3 Å². The maximum absolute atomic E-state index is 12.5. The van der Waals surface area contributed by atoms with Gasteiger partial charge in [-0.15, -0.1) is 0 Å². The van der Waals surface area contributed by atoms with Crippen molar-refractivity contribution >= 4 is 17.5 Å². The summed E-state index contributed by atoms with van der Waals surface area (Å²) in [6.45, 7) is 3.51. The van der Waals surface area contributed by atoms with Gasteiger partial charge in [0.15, 0.2) is 0 Å². The Morgan fingerprint density at radius 3 is 2.40 bits per heavy atom. The number of hydrogen-bond acceptors (Lipinski definition) is 4. The second kappa shape index (κ2) is 6.12. The third-order valence-corrected chi connectivity index (χ3v) is 4.60. The summed E-state index contributed by atoms with van der Waals surface area (Å²) in [6.07, 6.45) is -0.461. The Labute approximate surface area is 146 Å². The van der Waals surface area contributed by atoms with Crippen LogP contribution in [-0.4, -0.2) is 40.8 Å². The molecule has 2 aliphatic heterocycles. The highest BCUT2D eigenvalue weighted by atomic mass is 16.2. The minimum absolute atomic E-state index is 0.303. The van der Waals surface area contributed by atoms with Gasteiger partial charge in [-0.1, -0.05) is 48.0 Å². The molecule has 2 heterocycles. The minimum atomic E-state index is -0.564.